The van der Waals surface area contributed by atoms with E-state index in [9.17, 15) is 9.90 Å². The van der Waals surface area contributed by atoms with E-state index >= 15 is 0 Å². The third-order valence-electron chi connectivity index (χ3n) is 4.01. The summed E-state index contributed by atoms with van der Waals surface area (Å²) in [6.07, 6.45) is 4.20. The van der Waals surface area contributed by atoms with Crippen LogP contribution >= 0.6 is 0 Å². The fraction of sp³-hybridized carbons (Fsp3) is 0.400. The number of fused-ring (bicyclic) bond motifs is 1. The average Bonchev–Trinajstić information content (AvgIpc) is 2.40. The topological polar surface area (TPSA) is 68.2 Å². The van der Waals surface area contributed by atoms with E-state index in [4.69, 9.17) is 5.73 Å². The first-order valence-corrected chi connectivity index (χ1v) is 6.75. The Bertz CT molecular complexity index is 669. The van der Waals surface area contributed by atoms with Crippen molar-refractivity contribution in [3.8, 4) is 0 Å². The zero-order valence-electron chi connectivity index (χ0n) is 10.8. The first kappa shape index (κ1) is 12.2. The number of anilines is 1. The Balaban J connectivity index is 2.32. The summed E-state index contributed by atoms with van der Waals surface area (Å²) in [5.74, 6) is 0. The van der Waals surface area contributed by atoms with Gasteiger partial charge in [0.05, 0.1) is 11.2 Å². The predicted molar refractivity (Wildman–Crippen MR) is 75.9 cm³/mol. The largest absolute Gasteiger partial charge is 0.394 e. The van der Waals surface area contributed by atoms with Crippen LogP contribution in [0.3, 0.4) is 0 Å². The van der Waals surface area contributed by atoms with E-state index in [0.717, 1.165) is 30.2 Å². The van der Waals surface area contributed by atoms with Gasteiger partial charge >= 0.3 is 0 Å². The molecule has 0 unspecified atom stereocenters. The second-order valence-corrected chi connectivity index (χ2v) is 5.34. The number of hydrogen-bond acceptors (Lipinski definition) is 3. The Kier molecular flexibility index (Phi) is 2.82. The highest BCUT2D eigenvalue weighted by Crippen LogP contribution is 2.33. The third kappa shape index (κ3) is 1.92. The molecule has 1 aromatic carbocycles. The van der Waals surface area contributed by atoms with Gasteiger partial charge in [0, 0.05) is 5.39 Å². The number of aromatic nitrogens is 1. The van der Waals surface area contributed by atoms with Crippen LogP contribution in [0.4, 0.5) is 5.69 Å². The maximum absolute atomic E-state index is 12.4. The highest BCUT2D eigenvalue weighted by molar-refractivity contribution is 5.82. The number of nitrogens with two attached hydrogens (primary N) is 1. The molecule has 1 saturated carbocycles. The Morgan fingerprint density at radius 1 is 1.16 bits per heavy atom. The van der Waals surface area contributed by atoms with Gasteiger partial charge in [0.15, 0.2) is 0 Å². The summed E-state index contributed by atoms with van der Waals surface area (Å²) in [5.41, 5.74) is 5.37. The van der Waals surface area contributed by atoms with Crippen LogP contribution in [0, 0.1) is 0 Å². The van der Waals surface area contributed by atoms with Crippen LogP contribution in [0.2, 0.25) is 0 Å². The molecule has 3 rings (SSSR count). The first-order chi connectivity index (χ1) is 9.12. The molecule has 2 aromatic rings. The number of pyridine rings is 1. The zero-order valence-corrected chi connectivity index (χ0v) is 10.8. The van der Waals surface area contributed by atoms with Crippen molar-refractivity contribution in [1.82, 2.24) is 4.57 Å². The summed E-state index contributed by atoms with van der Waals surface area (Å²) in [6, 6.07) is 9.24. The van der Waals surface area contributed by atoms with Crippen molar-refractivity contribution in [3.63, 3.8) is 0 Å². The summed E-state index contributed by atoms with van der Waals surface area (Å²) in [7, 11) is 0. The molecule has 1 aromatic heterocycles. The van der Waals surface area contributed by atoms with Crippen molar-refractivity contribution in [2.75, 3.05) is 5.73 Å². The van der Waals surface area contributed by atoms with Crippen LogP contribution < -0.4 is 11.3 Å². The standard InChI is InChI=1S/C15H18N2O2/c16-12-10-11-6-2-3-7-13(11)17(14(12)18)15(19)8-4-1-5-9-15/h2-3,6-7,10,19H,1,4-5,8-9,16H2. The van der Waals surface area contributed by atoms with Crippen LogP contribution in [-0.2, 0) is 5.72 Å². The number of aliphatic hydroxyl groups is 1. The molecule has 0 saturated heterocycles. The molecule has 19 heavy (non-hydrogen) atoms. The molecule has 1 aliphatic carbocycles. The lowest BCUT2D eigenvalue weighted by Crippen LogP contribution is -2.43. The highest BCUT2D eigenvalue weighted by atomic mass is 16.3. The molecule has 100 valence electrons. The van der Waals surface area contributed by atoms with Gasteiger partial charge in [0.2, 0.25) is 0 Å². The molecule has 1 aliphatic rings. The van der Waals surface area contributed by atoms with Crippen LogP contribution in [0.5, 0.6) is 0 Å². The van der Waals surface area contributed by atoms with E-state index in [2.05, 4.69) is 0 Å². The highest BCUT2D eigenvalue weighted by Gasteiger charge is 2.33. The lowest BCUT2D eigenvalue weighted by Gasteiger charge is -2.35. The number of hydrogen-bond donors (Lipinski definition) is 2. The quantitative estimate of drug-likeness (QED) is 0.824. The van der Waals surface area contributed by atoms with Crippen LogP contribution in [0.15, 0.2) is 35.1 Å². The molecule has 3 N–H and O–H groups in total. The second kappa shape index (κ2) is 4.38. The fourth-order valence-corrected chi connectivity index (χ4v) is 3.04. The maximum Gasteiger partial charge on any atom is 0.276 e. The van der Waals surface area contributed by atoms with Crippen molar-refractivity contribution >= 4 is 16.6 Å². The smallest absolute Gasteiger partial charge is 0.276 e. The summed E-state index contributed by atoms with van der Waals surface area (Å²) in [5, 5.41) is 11.7. The van der Waals surface area contributed by atoms with E-state index in [1.54, 1.807) is 6.07 Å². The Labute approximate surface area is 111 Å². The molecule has 4 nitrogen and oxygen atoms in total. The molecule has 0 atom stereocenters. The second-order valence-electron chi connectivity index (χ2n) is 5.34. The van der Waals surface area contributed by atoms with Gasteiger partial charge in [-0.25, -0.2) is 0 Å². The lowest BCUT2D eigenvalue weighted by molar-refractivity contribution is -0.0683. The van der Waals surface area contributed by atoms with Crippen molar-refractivity contribution in [3.05, 3.63) is 40.7 Å². The normalized spacial score (nSPS) is 18.6. The van der Waals surface area contributed by atoms with E-state index in [0.29, 0.717) is 12.8 Å². The Morgan fingerprint density at radius 3 is 2.58 bits per heavy atom. The number of benzene rings is 1. The first-order valence-electron chi connectivity index (χ1n) is 6.75. The van der Waals surface area contributed by atoms with Gasteiger partial charge in [-0.2, -0.15) is 0 Å². The van der Waals surface area contributed by atoms with Crippen LogP contribution in [-0.4, -0.2) is 9.67 Å². The van der Waals surface area contributed by atoms with Gasteiger partial charge in [0.1, 0.15) is 5.72 Å². The van der Waals surface area contributed by atoms with Gasteiger partial charge in [-0.3, -0.25) is 9.36 Å². The van der Waals surface area contributed by atoms with Crippen molar-refractivity contribution < 1.29 is 5.11 Å². The maximum atomic E-state index is 12.4. The van der Waals surface area contributed by atoms with Gasteiger partial charge in [-0.15, -0.1) is 0 Å². The molecule has 1 heterocycles. The van der Waals surface area contributed by atoms with Crippen molar-refractivity contribution in [2.45, 2.75) is 37.8 Å². The molecule has 0 bridgehead atoms. The summed E-state index contributed by atoms with van der Waals surface area (Å²) in [4.78, 5) is 12.4. The summed E-state index contributed by atoms with van der Waals surface area (Å²) in [6.45, 7) is 0. The minimum Gasteiger partial charge on any atom is -0.394 e. The van der Waals surface area contributed by atoms with Crippen molar-refractivity contribution in [1.29, 1.82) is 0 Å². The van der Waals surface area contributed by atoms with Crippen LogP contribution in [0.25, 0.3) is 10.9 Å². The number of nitrogen functional groups attached to an aromatic ring is 1. The Morgan fingerprint density at radius 2 is 1.84 bits per heavy atom. The SMILES string of the molecule is Nc1cc2ccccc2n(C2(O)CCCCC2)c1=O. The van der Waals surface area contributed by atoms with Gasteiger partial charge in [-0.1, -0.05) is 24.6 Å². The van der Waals surface area contributed by atoms with E-state index in [1.807, 2.05) is 24.3 Å². The summed E-state index contributed by atoms with van der Waals surface area (Å²) < 4.78 is 1.50. The van der Waals surface area contributed by atoms with E-state index in [-0.39, 0.29) is 11.2 Å². The van der Waals surface area contributed by atoms with Gasteiger partial charge < -0.3 is 10.8 Å². The number of rotatable bonds is 1. The van der Waals surface area contributed by atoms with Gasteiger partial charge in [0.25, 0.3) is 5.56 Å². The lowest BCUT2D eigenvalue weighted by atomic mass is 9.91. The molecule has 0 spiro atoms. The number of nitrogens with zero attached hydrogens (tertiary/aromatic N) is 1. The fourth-order valence-electron chi connectivity index (χ4n) is 3.04. The molecule has 0 aliphatic heterocycles. The molecule has 1 fully saturated rings. The third-order valence-corrected chi connectivity index (χ3v) is 4.01. The average molecular weight is 258 g/mol. The molecule has 0 radical (unpaired) electrons. The molecule has 0 amide bonds. The monoisotopic (exact) mass is 258 g/mol. The molecule has 4 heteroatoms. The van der Waals surface area contributed by atoms with E-state index < -0.39 is 5.72 Å². The Hall–Kier alpha value is -1.81. The van der Waals surface area contributed by atoms with Crippen LogP contribution in [0.1, 0.15) is 32.1 Å². The van der Waals surface area contributed by atoms with E-state index in [1.165, 1.54) is 4.57 Å². The number of para-hydroxylation sites is 1. The van der Waals surface area contributed by atoms with Crippen molar-refractivity contribution in [2.24, 2.45) is 0 Å². The minimum absolute atomic E-state index is 0.192. The molecular weight excluding hydrogens is 240 g/mol. The molecular formula is C15H18N2O2. The summed E-state index contributed by atoms with van der Waals surface area (Å²) >= 11 is 0. The zero-order chi connectivity index (χ0) is 13.5. The minimum atomic E-state index is -1.09. The van der Waals surface area contributed by atoms with Gasteiger partial charge in [-0.05, 0) is 37.8 Å². The predicted octanol–water partition coefficient (Wildman–Crippen LogP) is 2.19.